The Morgan fingerprint density at radius 3 is 2.72 bits per heavy atom. The Morgan fingerprint density at radius 1 is 1.20 bits per heavy atom. The second-order valence-corrected chi connectivity index (χ2v) is 6.65. The maximum absolute atomic E-state index is 9.81. The maximum Gasteiger partial charge on any atom is 0.120 e. The number of hydrogen-bond donors (Lipinski definition) is 1. The van der Waals surface area contributed by atoms with Gasteiger partial charge < -0.3 is 14.0 Å². The molecule has 3 aromatic rings. The Hall–Kier alpha value is -2.58. The summed E-state index contributed by atoms with van der Waals surface area (Å²) in [6.07, 6.45) is 0. The van der Waals surface area contributed by atoms with E-state index in [2.05, 4.69) is 41.3 Å². The number of anilines is 1. The van der Waals surface area contributed by atoms with Gasteiger partial charge in [0.05, 0.1) is 23.9 Å². The minimum absolute atomic E-state index is 0.708. The summed E-state index contributed by atoms with van der Waals surface area (Å²) in [4.78, 5) is 0. The fraction of sp³-hybridized carbons (Fsp3) is 0.250. The molecule has 1 aromatic heterocycles. The third-order valence-corrected chi connectivity index (χ3v) is 4.84. The van der Waals surface area contributed by atoms with Crippen LogP contribution in [0.1, 0.15) is 19.4 Å². The monoisotopic (exact) mass is 351 g/mol. The van der Waals surface area contributed by atoms with E-state index in [0.29, 0.717) is 5.56 Å². The van der Waals surface area contributed by atoms with Gasteiger partial charge in [0.2, 0.25) is 0 Å². The summed E-state index contributed by atoms with van der Waals surface area (Å²) in [5.74, 6) is 1.79. The fourth-order valence-electron chi connectivity index (χ4n) is 3.08. The van der Waals surface area contributed by atoms with Crippen molar-refractivity contribution >= 4 is 28.5 Å². The van der Waals surface area contributed by atoms with E-state index in [1.54, 1.807) is 19.1 Å². The lowest BCUT2D eigenvalue weighted by atomic mass is 10.1. The second-order valence-electron chi connectivity index (χ2n) is 5.58. The van der Waals surface area contributed by atoms with Crippen LogP contribution in [0.2, 0.25) is 0 Å². The molecule has 0 unspecified atom stereocenters. The molecule has 0 amide bonds. The molecule has 0 radical (unpaired) electrons. The van der Waals surface area contributed by atoms with Gasteiger partial charge in [-0.25, -0.2) is 0 Å². The van der Waals surface area contributed by atoms with Crippen LogP contribution in [0.3, 0.4) is 0 Å². The number of aromatic nitrogens is 1. The first-order valence-electron chi connectivity index (χ1n) is 8.32. The van der Waals surface area contributed by atoms with Gasteiger partial charge in [0.15, 0.2) is 0 Å². The van der Waals surface area contributed by atoms with E-state index in [1.807, 2.05) is 30.3 Å². The molecule has 0 atom stereocenters. The molecule has 0 saturated carbocycles. The summed E-state index contributed by atoms with van der Waals surface area (Å²) >= 11 is 1.66. The van der Waals surface area contributed by atoms with Crippen LogP contribution in [0.5, 0.6) is 5.75 Å². The van der Waals surface area contributed by atoms with E-state index in [1.165, 1.54) is 0 Å². The van der Waals surface area contributed by atoms with Gasteiger partial charge in [0.1, 0.15) is 11.8 Å². The number of fused-ring (bicyclic) bond motifs is 1. The number of hydrogen-bond acceptors (Lipinski definition) is 4. The van der Waals surface area contributed by atoms with Gasteiger partial charge in [-0.15, -0.1) is 0 Å². The summed E-state index contributed by atoms with van der Waals surface area (Å²) in [7, 11) is 1.66. The first kappa shape index (κ1) is 17.2. The molecular weight excluding hydrogens is 330 g/mol. The normalized spacial score (nSPS) is 10.6. The summed E-state index contributed by atoms with van der Waals surface area (Å²) in [6.45, 7) is 4.98. The third kappa shape index (κ3) is 3.18. The van der Waals surface area contributed by atoms with Gasteiger partial charge in [-0.3, -0.25) is 0 Å². The van der Waals surface area contributed by atoms with E-state index in [0.717, 1.165) is 45.9 Å². The maximum atomic E-state index is 9.81. The molecule has 3 rings (SSSR count). The molecule has 5 heteroatoms. The zero-order valence-corrected chi connectivity index (χ0v) is 15.5. The number of aryl methyl sites for hydroxylation is 1. The van der Waals surface area contributed by atoms with E-state index in [4.69, 9.17) is 4.74 Å². The minimum atomic E-state index is 0.708. The van der Waals surface area contributed by atoms with Gasteiger partial charge in [0.25, 0.3) is 0 Å². The highest BCUT2D eigenvalue weighted by Crippen LogP contribution is 2.36. The fourth-order valence-corrected chi connectivity index (χ4v) is 3.52. The molecule has 0 aliphatic rings. The first-order chi connectivity index (χ1) is 12.2. The predicted octanol–water partition coefficient (Wildman–Crippen LogP) is 5.29. The van der Waals surface area contributed by atoms with E-state index in [-0.39, 0.29) is 0 Å². The predicted molar refractivity (Wildman–Crippen MR) is 106 cm³/mol. The van der Waals surface area contributed by atoms with Gasteiger partial charge in [0, 0.05) is 35.0 Å². The lowest BCUT2D eigenvalue weighted by Crippen LogP contribution is -1.98. The van der Waals surface area contributed by atoms with Crippen molar-refractivity contribution in [1.29, 1.82) is 5.26 Å². The molecule has 0 saturated heterocycles. The van der Waals surface area contributed by atoms with Crippen LogP contribution in [-0.2, 0) is 6.54 Å². The van der Waals surface area contributed by atoms with Crippen LogP contribution >= 0.6 is 11.9 Å². The molecule has 25 heavy (non-hydrogen) atoms. The number of nitriles is 1. The Labute approximate surface area is 152 Å². The van der Waals surface area contributed by atoms with Crippen molar-refractivity contribution in [1.82, 2.24) is 4.57 Å². The average Bonchev–Trinajstić information content (AvgIpc) is 2.99. The number of nitrogens with one attached hydrogen (secondary N) is 1. The zero-order chi connectivity index (χ0) is 17.8. The molecular formula is C20H21N3OS. The lowest BCUT2D eigenvalue weighted by molar-refractivity contribution is 0.415. The summed E-state index contributed by atoms with van der Waals surface area (Å²) in [5.41, 5.74) is 4.77. The zero-order valence-electron chi connectivity index (χ0n) is 14.7. The Kier molecular flexibility index (Phi) is 5.20. The molecule has 0 aliphatic carbocycles. The number of nitrogens with zero attached hydrogens (tertiary/aromatic N) is 2. The van der Waals surface area contributed by atoms with Crippen molar-refractivity contribution in [2.45, 2.75) is 20.4 Å². The van der Waals surface area contributed by atoms with Crippen LogP contribution < -0.4 is 9.46 Å². The van der Waals surface area contributed by atoms with Gasteiger partial charge in [-0.1, -0.05) is 31.0 Å². The van der Waals surface area contributed by atoms with Crippen molar-refractivity contribution in [3.63, 3.8) is 0 Å². The Morgan fingerprint density at radius 2 is 2.04 bits per heavy atom. The Balaban J connectivity index is 2.23. The van der Waals surface area contributed by atoms with E-state index < -0.39 is 0 Å². The summed E-state index contributed by atoms with van der Waals surface area (Å²) in [6, 6.07) is 16.5. The molecule has 128 valence electrons. The Bertz CT molecular complexity index is 940. The van der Waals surface area contributed by atoms with Crippen molar-refractivity contribution in [2.24, 2.45) is 0 Å². The number of methoxy groups -OCH3 is 1. The van der Waals surface area contributed by atoms with E-state index in [9.17, 15) is 5.26 Å². The quantitative estimate of drug-likeness (QED) is 0.613. The number of ether oxygens (including phenoxy) is 1. The molecule has 0 aliphatic heterocycles. The second kappa shape index (κ2) is 7.54. The van der Waals surface area contributed by atoms with Crippen molar-refractivity contribution < 1.29 is 4.74 Å². The average molecular weight is 351 g/mol. The molecule has 1 N–H and O–H groups in total. The van der Waals surface area contributed by atoms with Gasteiger partial charge in [-0.2, -0.15) is 5.26 Å². The van der Waals surface area contributed by atoms with Crippen LogP contribution in [0.15, 0.2) is 42.5 Å². The van der Waals surface area contributed by atoms with Crippen LogP contribution in [0, 0.1) is 11.3 Å². The topological polar surface area (TPSA) is 50.0 Å². The highest BCUT2D eigenvalue weighted by atomic mass is 32.2. The van der Waals surface area contributed by atoms with Crippen molar-refractivity contribution in [3.05, 3.63) is 48.0 Å². The molecule has 0 spiro atoms. The largest absolute Gasteiger partial charge is 0.497 e. The standard InChI is InChI=1S/C20H21N3OS/c1-4-23-19-12-16(24-3)9-10-17(19)18(13-21)20(23)14-7-6-8-15(11-14)22-25-5-2/h6-12,22H,4-5H2,1-3H3. The molecule has 4 nitrogen and oxygen atoms in total. The lowest BCUT2D eigenvalue weighted by Gasteiger charge is -2.11. The minimum Gasteiger partial charge on any atom is -0.497 e. The molecule has 0 bridgehead atoms. The van der Waals surface area contributed by atoms with Crippen molar-refractivity contribution in [2.75, 3.05) is 17.6 Å². The summed E-state index contributed by atoms with van der Waals surface area (Å²) in [5, 5.41) is 10.8. The number of benzene rings is 2. The molecule has 2 aromatic carbocycles. The van der Waals surface area contributed by atoms with Crippen LogP contribution in [0.4, 0.5) is 5.69 Å². The smallest absolute Gasteiger partial charge is 0.120 e. The molecule has 1 heterocycles. The highest BCUT2D eigenvalue weighted by Gasteiger charge is 2.18. The van der Waals surface area contributed by atoms with Gasteiger partial charge in [-0.05, 0) is 31.2 Å². The number of rotatable bonds is 6. The first-order valence-corrected chi connectivity index (χ1v) is 9.30. The SMILES string of the molecule is CCSNc1cccc(-c2c(C#N)c3ccc(OC)cc3n2CC)c1. The van der Waals surface area contributed by atoms with Gasteiger partial charge >= 0.3 is 0 Å². The highest BCUT2D eigenvalue weighted by molar-refractivity contribution is 8.00. The summed E-state index contributed by atoms with van der Waals surface area (Å²) < 4.78 is 10.9. The van der Waals surface area contributed by atoms with E-state index >= 15 is 0 Å². The molecule has 0 fully saturated rings. The van der Waals surface area contributed by atoms with Crippen LogP contribution in [-0.4, -0.2) is 17.4 Å². The third-order valence-electron chi connectivity index (χ3n) is 4.17. The van der Waals surface area contributed by atoms with Crippen molar-refractivity contribution in [3.8, 4) is 23.1 Å². The van der Waals surface area contributed by atoms with Crippen LogP contribution in [0.25, 0.3) is 22.2 Å².